The summed E-state index contributed by atoms with van der Waals surface area (Å²) in [4.78, 5) is 30.7. The summed E-state index contributed by atoms with van der Waals surface area (Å²) in [6, 6.07) is 7.00. The van der Waals surface area contributed by atoms with Crippen LogP contribution in [-0.2, 0) is 9.59 Å². The van der Waals surface area contributed by atoms with Gasteiger partial charge < -0.3 is 15.8 Å². The minimum absolute atomic E-state index is 0.208. The van der Waals surface area contributed by atoms with E-state index in [1.807, 2.05) is 0 Å². The van der Waals surface area contributed by atoms with Crippen LogP contribution < -0.4 is 20.7 Å². The Bertz CT molecular complexity index is 870. The Morgan fingerprint density at radius 2 is 1.96 bits per heavy atom. The lowest BCUT2D eigenvalue weighted by Gasteiger charge is -2.35. The molecule has 9 heteroatoms. The van der Waals surface area contributed by atoms with E-state index < -0.39 is 18.1 Å². The second kappa shape index (κ2) is 7.01. The van der Waals surface area contributed by atoms with Gasteiger partial charge >= 0.3 is 0 Å². The van der Waals surface area contributed by atoms with Crippen LogP contribution in [0.3, 0.4) is 0 Å². The van der Waals surface area contributed by atoms with Crippen LogP contribution in [0.4, 0.5) is 17.3 Å². The average molecular weight is 395 g/mol. The molecule has 3 N–H and O–H groups in total. The molecule has 2 amide bonds. The largest absolute Gasteiger partial charge is 0.477 e. The van der Waals surface area contributed by atoms with Crippen LogP contribution in [0.2, 0.25) is 10.0 Å². The van der Waals surface area contributed by atoms with Crippen molar-refractivity contribution < 1.29 is 14.3 Å². The Hall–Kier alpha value is -2.51. The third-order valence-electron chi connectivity index (χ3n) is 3.87. The molecule has 1 aromatic heterocycles. The van der Waals surface area contributed by atoms with Crippen LogP contribution in [-0.4, -0.2) is 28.9 Å². The number of anilines is 3. The number of hydrogen-bond donors (Lipinski definition) is 2. The van der Waals surface area contributed by atoms with Gasteiger partial charge in [0.05, 0.1) is 0 Å². The van der Waals surface area contributed by atoms with E-state index in [2.05, 4.69) is 10.3 Å². The van der Waals surface area contributed by atoms with Crippen LogP contribution in [0.1, 0.15) is 13.8 Å². The molecule has 3 rings (SSSR count). The standard InChI is InChI=1S/C17H16Cl2N4O3/c1-8(16(24)21-12-6-10(18)5-11(19)7-12)23-15-13(3-4-14(20)22-15)26-9(2)17(23)25/h3-9H,1-2H3,(H2,20,22)(H,21,24). The zero-order valence-electron chi connectivity index (χ0n) is 14.0. The van der Waals surface area contributed by atoms with Crippen LogP contribution in [0.5, 0.6) is 5.75 Å². The number of nitrogens with two attached hydrogens (primary N) is 1. The highest BCUT2D eigenvalue weighted by Crippen LogP contribution is 2.34. The number of nitrogen functional groups attached to an aromatic ring is 1. The molecule has 7 nitrogen and oxygen atoms in total. The Labute approximate surface area is 160 Å². The number of benzene rings is 1. The average Bonchev–Trinajstić information content (AvgIpc) is 2.55. The fourth-order valence-electron chi connectivity index (χ4n) is 2.62. The van der Waals surface area contributed by atoms with Crippen molar-refractivity contribution in [2.75, 3.05) is 16.0 Å². The molecule has 1 aliphatic rings. The predicted octanol–water partition coefficient (Wildman–Crippen LogP) is 3.11. The topological polar surface area (TPSA) is 97.6 Å². The number of amides is 2. The molecule has 1 aromatic carbocycles. The molecule has 0 bridgehead atoms. The molecule has 2 aromatic rings. The van der Waals surface area contributed by atoms with Gasteiger partial charge in [-0.15, -0.1) is 0 Å². The van der Waals surface area contributed by atoms with E-state index in [-0.39, 0.29) is 17.5 Å². The first-order valence-electron chi connectivity index (χ1n) is 7.79. The molecule has 0 saturated carbocycles. The lowest BCUT2D eigenvalue weighted by Crippen LogP contribution is -2.53. The Morgan fingerprint density at radius 1 is 1.31 bits per heavy atom. The highest BCUT2D eigenvalue weighted by molar-refractivity contribution is 6.35. The molecule has 136 valence electrons. The number of pyridine rings is 1. The molecule has 0 fully saturated rings. The van der Waals surface area contributed by atoms with Gasteiger partial charge in [-0.1, -0.05) is 23.2 Å². The van der Waals surface area contributed by atoms with E-state index in [1.54, 1.807) is 44.2 Å². The minimum Gasteiger partial charge on any atom is -0.477 e. The lowest BCUT2D eigenvalue weighted by atomic mass is 10.1. The maximum atomic E-state index is 12.7. The van der Waals surface area contributed by atoms with Gasteiger partial charge in [0.15, 0.2) is 17.7 Å². The van der Waals surface area contributed by atoms with Gasteiger partial charge in [-0.3, -0.25) is 14.5 Å². The summed E-state index contributed by atoms with van der Waals surface area (Å²) in [6.07, 6.45) is -0.746. The summed E-state index contributed by atoms with van der Waals surface area (Å²) in [7, 11) is 0. The first kappa shape index (κ1) is 18.3. The number of nitrogens with one attached hydrogen (secondary N) is 1. The number of rotatable bonds is 3. The van der Waals surface area contributed by atoms with Crippen molar-refractivity contribution in [1.29, 1.82) is 0 Å². The monoisotopic (exact) mass is 394 g/mol. The maximum Gasteiger partial charge on any atom is 0.269 e. The number of nitrogens with zero attached hydrogens (tertiary/aromatic N) is 2. The third kappa shape index (κ3) is 3.54. The van der Waals surface area contributed by atoms with E-state index in [0.717, 1.165) is 0 Å². The molecule has 26 heavy (non-hydrogen) atoms. The van der Waals surface area contributed by atoms with Crippen molar-refractivity contribution >= 4 is 52.3 Å². The Balaban J connectivity index is 1.90. The summed E-state index contributed by atoms with van der Waals surface area (Å²) in [6.45, 7) is 3.20. The predicted molar refractivity (Wildman–Crippen MR) is 101 cm³/mol. The summed E-state index contributed by atoms with van der Waals surface area (Å²) >= 11 is 11.9. The van der Waals surface area contributed by atoms with Gasteiger partial charge in [-0.2, -0.15) is 0 Å². The van der Waals surface area contributed by atoms with Crippen LogP contribution >= 0.6 is 23.2 Å². The van der Waals surface area contributed by atoms with E-state index in [0.29, 0.717) is 21.5 Å². The quantitative estimate of drug-likeness (QED) is 0.833. The zero-order chi connectivity index (χ0) is 19.0. The van der Waals surface area contributed by atoms with Gasteiger partial charge in [0.25, 0.3) is 5.91 Å². The van der Waals surface area contributed by atoms with E-state index in [4.69, 9.17) is 33.7 Å². The molecule has 0 radical (unpaired) electrons. The molecule has 2 unspecified atom stereocenters. The SMILES string of the molecule is CC1Oc2ccc(N)nc2N(C(C)C(=O)Nc2cc(Cl)cc(Cl)c2)C1=O. The number of carbonyl (C=O) groups excluding carboxylic acids is 2. The van der Waals surface area contributed by atoms with Crippen molar-refractivity contribution in [2.45, 2.75) is 26.0 Å². The van der Waals surface area contributed by atoms with Gasteiger partial charge in [0.1, 0.15) is 11.9 Å². The maximum absolute atomic E-state index is 12.7. The van der Waals surface area contributed by atoms with Crippen LogP contribution in [0, 0.1) is 0 Å². The number of ether oxygens (including phenoxy) is 1. The summed E-state index contributed by atoms with van der Waals surface area (Å²) < 4.78 is 5.53. The lowest BCUT2D eigenvalue weighted by molar-refractivity contribution is -0.128. The van der Waals surface area contributed by atoms with Crippen LogP contribution in [0.15, 0.2) is 30.3 Å². The number of hydrogen-bond acceptors (Lipinski definition) is 5. The number of carbonyl (C=O) groups is 2. The molecule has 2 atom stereocenters. The smallest absolute Gasteiger partial charge is 0.269 e. The highest BCUT2D eigenvalue weighted by atomic mass is 35.5. The molecular formula is C17H16Cl2N4O3. The molecule has 2 heterocycles. The number of aromatic nitrogens is 1. The fraction of sp³-hybridized carbons (Fsp3) is 0.235. The van der Waals surface area contributed by atoms with E-state index >= 15 is 0 Å². The summed E-state index contributed by atoms with van der Waals surface area (Å²) in [5.74, 6) is -0.00565. The first-order valence-corrected chi connectivity index (χ1v) is 8.55. The highest BCUT2D eigenvalue weighted by Gasteiger charge is 2.38. The van der Waals surface area contributed by atoms with Crippen molar-refractivity contribution in [2.24, 2.45) is 0 Å². The molecule has 1 aliphatic heterocycles. The fourth-order valence-corrected chi connectivity index (χ4v) is 3.15. The van der Waals surface area contributed by atoms with Gasteiger partial charge in [-0.05, 0) is 44.2 Å². The Morgan fingerprint density at radius 3 is 2.62 bits per heavy atom. The van der Waals surface area contributed by atoms with Gasteiger partial charge in [-0.25, -0.2) is 4.98 Å². The third-order valence-corrected chi connectivity index (χ3v) is 4.31. The summed E-state index contributed by atoms with van der Waals surface area (Å²) in [5, 5.41) is 3.47. The normalized spacial score (nSPS) is 17.3. The number of fused-ring (bicyclic) bond motifs is 1. The second-order valence-corrected chi connectivity index (χ2v) is 6.72. The van der Waals surface area contributed by atoms with Crippen molar-refractivity contribution in [3.05, 3.63) is 40.4 Å². The van der Waals surface area contributed by atoms with E-state index in [1.165, 1.54) is 4.90 Å². The van der Waals surface area contributed by atoms with E-state index in [9.17, 15) is 9.59 Å². The summed E-state index contributed by atoms with van der Waals surface area (Å²) in [5.41, 5.74) is 6.15. The van der Waals surface area contributed by atoms with Crippen LogP contribution in [0.25, 0.3) is 0 Å². The van der Waals surface area contributed by atoms with Gasteiger partial charge in [0, 0.05) is 15.7 Å². The molecule has 0 saturated heterocycles. The molecule has 0 spiro atoms. The Kier molecular flexibility index (Phi) is 4.93. The zero-order valence-corrected chi connectivity index (χ0v) is 15.5. The molecule has 0 aliphatic carbocycles. The first-order chi connectivity index (χ1) is 12.3. The minimum atomic E-state index is -0.861. The van der Waals surface area contributed by atoms with Crippen molar-refractivity contribution in [3.63, 3.8) is 0 Å². The van der Waals surface area contributed by atoms with Crippen molar-refractivity contribution in [3.8, 4) is 5.75 Å². The molecular weight excluding hydrogens is 379 g/mol. The second-order valence-electron chi connectivity index (χ2n) is 5.85. The van der Waals surface area contributed by atoms with Crippen molar-refractivity contribution in [1.82, 2.24) is 4.98 Å². The number of halogens is 2. The van der Waals surface area contributed by atoms with Gasteiger partial charge in [0.2, 0.25) is 5.91 Å².